The summed E-state index contributed by atoms with van der Waals surface area (Å²) in [5.74, 6) is 0.0725. The van der Waals surface area contributed by atoms with Gasteiger partial charge in [0.1, 0.15) is 0 Å². The van der Waals surface area contributed by atoms with Crippen LogP contribution in [0.4, 0.5) is 0 Å². The van der Waals surface area contributed by atoms with E-state index in [1.807, 2.05) is 13.8 Å². The van der Waals surface area contributed by atoms with Crippen LogP contribution in [0.25, 0.3) is 0 Å². The zero-order valence-electron chi connectivity index (χ0n) is 10.7. The van der Waals surface area contributed by atoms with E-state index >= 15 is 0 Å². The van der Waals surface area contributed by atoms with Crippen LogP contribution in [0.5, 0.6) is 0 Å². The van der Waals surface area contributed by atoms with Gasteiger partial charge in [0.05, 0.1) is 19.8 Å². The van der Waals surface area contributed by atoms with E-state index < -0.39 is 23.2 Å². The summed E-state index contributed by atoms with van der Waals surface area (Å²) in [4.78, 5) is 0. The first-order valence-corrected chi connectivity index (χ1v) is 8.80. The Morgan fingerprint density at radius 2 is 1.59 bits per heavy atom. The molecule has 0 aromatic carbocycles. The van der Waals surface area contributed by atoms with Crippen LogP contribution in [-0.4, -0.2) is 33.7 Å². The second kappa shape index (κ2) is 7.48. The van der Waals surface area contributed by atoms with E-state index in [1.165, 1.54) is 0 Å². The molecule has 17 heavy (non-hydrogen) atoms. The molecule has 0 aromatic rings. The van der Waals surface area contributed by atoms with Crippen molar-refractivity contribution in [2.24, 2.45) is 5.92 Å². The summed E-state index contributed by atoms with van der Waals surface area (Å²) in [6.45, 7) is 7.18. The van der Waals surface area contributed by atoms with E-state index in [0.29, 0.717) is 0 Å². The van der Waals surface area contributed by atoms with Crippen molar-refractivity contribution in [1.29, 1.82) is 0 Å². The molecule has 0 fully saturated rings. The average molecular weight is 288 g/mol. The second-order valence-electron chi connectivity index (χ2n) is 3.81. The van der Waals surface area contributed by atoms with E-state index in [0.717, 1.165) is 0 Å². The molecule has 0 atom stereocenters. The van der Waals surface area contributed by atoms with Crippen molar-refractivity contribution in [2.45, 2.75) is 27.7 Å². The molecule has 0 aliphatic heterocycles. The zero-order chi connectivity index (χ0) is 13.5. The molecule has 0 amide bonds. The van der Waals surface area contributed by atoms with Crippen molar-refractivity contribution in [1.82, 2.24) is 0 Å². The van der Waals surface area contributed by atoms with Gasteiger partial charge in [0.2, 0.25) is 0 Å². The maximum absolute atomic E-state index is 12.0. The lowest BCUT2D eigenvalue weighted by atomic mass is 10.2. The van der Waals surface area contributed by atoms with Gasteiger partial charge in [0, 0.05) is 0 Å². The summed E-state index contributed by atoms with van der Waals surface area (Å²) >= 11 is 0. The van der Waals surface area contributed by atoms with Gasteiger partial charge in [-0.1, -0.05) is 13.8 Å². The van der Waals surface area contributed by atoms with Gasteiger partial charge in [0.25, 0.3) is 10.1 Å². The standard InChI is InChI=1S/C9H21O6PS/c1-5-13-16(10,14-6-2)8-17(11,12)15-7-9(3)4/h9H,5-8H2,1-4H3. The molecule has 0 bridgehead atoms. The van der Waals surface area contributed by atoms with Crippen LogP contribution in [-0.2, 0) is 27.9 Å². The SMILES string of the molecule is CCOP(=O)(CS(=O)(=O)OCC(C)C)OCC. The van der Waals surface area contributed by atoms with Gasteiger partial charge in [-0.15, -0.1) is 0 Å². The highest BCUT2D eigenvalue weighted by atomic mass is 32.2. The fourth-order valence-electron chi connectivity index (χ4n) is 0.976. The van der Waals surface area contributed by atoms with Crippen LogP contribution in [0.2, 0.25) is 0 Å². The van der Waals surface area contributed by atoms with Crippen molar-refractivity contribution in [3.8, 4) is 0 Å². The van der Waals surface area contributed by atoms with Gasteiger partial charge >= 0.3 is 7.60 Å². The normalized spacial score (nSPS) is 13.2. The first-order valence-electron chi connectivity index (χ1n) is 5.50. The van der Waals surface area contributed by atoms with E-state index in [4.69, 9.17) is 13.2 Å². The monoisotopic (exact) mass is 288 g/mol. The summed E-state index contributed by atoms with van der Waals surface area (Å²) in [5.41, 5.74) is -0.742. The molecule has 0 radical (unpaired) electrons. The first-order chi connectivity index (χ1) is 7.74. The van der Waals surface area contributed by atoms with Crippen LogP contribution in [0.15, 0.2) is 0 Å². The van der Waals surface area contributed by atoms with Crippen molar-refractivity contribution in [3.05, 3.63) is 0 Å². The van der Waals surface area contributed by atoms with E-state index in [2.05, 4.69) is 0 Å². The summed E-state index contributed by atoms with van der Waals surface area (Å²) in [7, 11) is -7.51. The van der Waals surface area contributed by atoms with Crippen LogP contribution >= 0.6 is 7.60 Å². The van der Waals surface area contributed by atoms with Gasteiger partial charge in [-0.05, 0) is 19.8 Å². The molecule has 0 N–H and O–H groups in total. The minimum absolute atomic E-state index is 0.0561. The van der Waals surface area contributed by atoms with Gasteiger partial charge < -0.3 is 9.05 Å². The number of rotatable bonds is 9. The van der Waals surface area contributed by atoms with E-state index in [-0.39, 0.29) is 25.7 Å². The molecule has 0 rings (SSSR count). The molecule has 0 aromatic heterocycles. The Labute approximate surface area is 103 Å². The number of hydrogen-bond acceptors (Lipinski definition) is 6. The van der Waals surface area contributed by atoms with Crippen LogP contribution in [0, 0.1) is 5.92 Å². The second-order valence-corrected chi connectivity index (χ2v) is 7.93. The lowest BCUT2D eigenvalue weighted by Crippen LogP contribution is -2.16. The van der Waals surface area contributed by atoms with E-state index in [9.17, 15) is 13.0 Å². The minimum Gasteiger partial charge on any atom is -0.308 e. The molecule has 0 saturated carbocycles. The summed E-state index contributed by atoms with van der Waals surface area (Å²) in [6.07, 6.45) is 0. The Bertz CT molecular complexity index is 340. The number of hydrogen-bond donors (Lipinski definition) is 0. The summed E-state index contributed by atoms with van der Waals surface area (Å²) < 4.78 is 49.6. The van der Waals surface area contributed by atoms with Gasteiger partial charge in [-0.25, -0.2) is 0 Å². The Morgan fingerprint density at radius 3 is 1.94 bits per heavy atom. The third kappa shape index (κ3) is 7.89. The predicted octanol–water partition coefficient (Wildman–Crippen LogP) is 2.21. The molecular formula is C9H21O6PS. The lowest BCUT2D eigenvalue weighted by molar-refractivity contribution is 0.221. The van der Waals surface area contributed by atoms with Crippen molar-refractivity contribution in [3.63, 3.8) is 0 Å². The molecule has 8 heteroatoms. The summed E-state index contributed by atoms with van der Waals surface area (Å²) in [6, 6.07) is 0. The fourth-order valence-corrected chi connectivity index (χ4v) is 4.76. The molecule has 6 nitrogen and oxygen atoms in total. The van der Waals surface area contributed by atoms with Crippen LogP contribution in [0.1, 0.15) is 27.7 Å². The van der Waals surface area contributed by atoms with Crippen LogP contribution < -0.4 is 0 Å². The van der Waals surface area contributed by atoms with Gasteiger partial charge in [0.15, 0.2) is 5.49 Å². The molecule has 0 aliphatic carbocycles. The molecule has 0 unspecified atom stereocenters. The zero-order valence-corrected chi connectivity index (χ0v) is 12.4. The van der Waals surface area contributed by atoms with Crippen LogP contribution in [0.3, 0.4) is 0 Å². The van der Waals surface area contributed by atoms with Gasteiger partial charge in [-0.2, -0.15) is 8.42 Å². The average Bonchev–Trinajstić information content (AvgIpc) is 2.14. The summed E-state index contributed by atoms with van der Waals surface area (Å²) in [5, 5.41) is 0. The largest absolute Gasteiger partial charge is 0.348 e. The Hall–Kier alpha value is 0.0600. The minimum atomic E-state index is -3.89. The van der Waals surface area contributed by atoms with E-state index in [1.54, 1.807) is 13.8 Å². The smallest absolute Gasteiger partial charge is 0.308 e. The maximum Gasteiger partial charge on any atom is 0.348 e. The lowest BCUT2D eigenvalue weighted by Gasteiger charge is -2.17. The third-order valence-electron chi connectivity index (χ3n) is 1.55. The molecule has 0 heterocycles. The Kier molecular flexibility index (Phi) is 7.51. The van der Waals surface area contributed by atoms with Gasteiger partial charge in [-0.3, -0.25) is 8.75 Å². The highest BCUT2D eigenvalue weighted by molar-refractivity contribution is 7.93. The maximum atomic E-state index is 12.0. The molecular weight excluding hydrogens is 267 g/mol. The quantitative estimate of drug-likeness (QED) is 0.478. The van der Waals surface area contributed by atoms with Crippen molar-refractivity contribution < 1.29 is 26.2 Å². The molecule has 0 saturated heterocycles. The highest BCUT2D eigenvalue weighted by Crippen LogP contribution is 2.49. The molecule has 0 spiro atoms. The fraction of sp³-hybridized carbons (Fsp3) is 1.00. The highest BCUT2D eigenvalue weighted by Gasteiger charge is 2.32. The molecule has 104 valence electrons. The predicted molar refractivity (Wildman–Crippen MR) is 65.4 cm³/mol. The Balaban J connectivity index is 4.58. The van der Waals surface area contributed by atoms with Crippen molar-refractivity contribution in [2.75, 3.05) is 25.3 Å². The topological polar surface area (TPSA) is 78.9 Å². The first kappa shape index (κ1) is 17.1. The third-order valence-corrected chi connectivity index (χ3v) is 5.88. The molecule has 0 aliphatic rings. The Morgan fingerprint density at radius 1 is 1.12 bits per heavy atom. The van der Waals surface area contributed by atoms with Crippen molar-refractivity contribution >= 4 is 17.7 Å².